The predicted octanol–water partition coefficient (Wildman–Crippen LogP) is 5.11. The molecular weight excluding hydrogens is 246 g/mol. The third-order valence-electron chi connectivity index (χ3n) is 2.35. The van der Waals surface area contributed by atoms with E-state index in [0.717, 1.165) is 5.56 Å². The van der Waals surface area contributed by atoms with Crippen LogP contribution in [0.15, 0.2) is 36.4 Å². The number of halogens is 3. The molecule has 0 aliphatic heterocycles. The van der Waals surface area contributed by atoms with Crippen LogP contribution in [0, 0.1) is 12.7 Å². The summed E-state index contributed by atoms with van der Waals surface area (Å²) in [7, 11) is 0. The van der Waals surface area contributed by atoms with Crippen molar-refractivity contribution < 1.29 is 4.39 Å². The molecule has 0 aliphatic carbocycles. The average Bonchev–Trinajstić information content (AvgIpc) is 2.23. The summed E-state index contributed by atoms with van der Waals surface area (Å²) in [6.07, 6.45) is 0. The van der Waals surface area contributed by atoms with Gasteiger partial charge in [0, 0.05) is 21.2 Å². The molecule has 16 heavy (non-hydrogen) atoms. The van der Waals surface area contributed by atoms with Crippen LogP contribution in [0.1, 0.15) is 5.56 Å². The highest BCUT2D eigenvalue weighted by molar-refractivity contribution is 6.39. The van der Waals surface area contributed by atoms with Crippen molar-refractivity contribution in [1.82, 2.24) is 0 Å². The molecule has 0 fully saturated rings. The predicted molar refractivity (Wildman–Crippen MR) is 66.6 cm³/mol. The first kappa shape index (κ1) is 11.4. The maximum Gasteiger partial charge on any atom is 0.131 e. The quantitative estimate of drug-likeness (QED) is 0.664. The molecule has 0 nitrogen and oxygen atoms in total. The van der Waals surface area contributed by atoms with Gasteiger partial charge in [0.15, 0.2) is 0 Å². The largest absolute Gasteiger partial charge is 0.206 e. The van der Waals surface area contributed by atoms with Gasteiger partial charge in [-0.05, 0) is 31.2 Å². The summed E-state index contributed by atoms with van der Waals surface area (Å²) in [4.78, 5) is 0. The molecule has 3 heteroatoms. The summed E-state index contributed by atoms with van der Waals surface area (Å²) in [6, 6.07) is 10.0. The Bertz CT molecular complexity index is 515. The minimum absolute atomic E-state index is 0.319. The number of aryl methyl sites for hydroxylation is 1. The first-order valence-corrected chi connectivity index (χ1v) is 5.55. The summed E-state index contributed by atoms with van der Waals surface area (Å²) in [5, 5.41) is 0.911. The molecule has 0 aromatic heterocycles. The van der Waals surface area contributed by atoms with Crippen molar-refractivity contribution in [3.8, 4) is 11.1 Å². The summed E-state index contributed by atoms with van der Waals surface area (Å²) in [6.45, 7) is 1.90. The van der Waals surface area contributed by atoms with Crippen molar-refractivity contribution in [1.29, 1.82) is 0 Å². The lowest BCUT2D eigenvalue weighted by Crippen LogP contribution is -1.88. The Hall–Kier alpha value is -1.05. The SMILES string of the molecule is Cc1ccc(F)c(-c2c(Cl)cccc2Cl)c1. The van der Waals surface area contributed by atoms with Crippen LogP contribution in [-0.4, -0.2) is 0 Å². The maximum atomic E-state index is 13.7. The van der Waals surface area contributed by atoms with Crippen LogP contribution >= 0.6 is 23.2 Å². The highest BCUT2D eigenvalue weighted by Crippen LogP contribution is 2.36. The first-order valence-electron chi connectivity index (χ1n) is 4.80. The lowest BCUT2D eigenvalue weighted by molar-refractivity contribution is 0.631. The molecule has 0 aliphatic rings. The van der Waals surface area contributed by atoms with Crippen LogP contribution in [0.3, 0.4) is 0 Å². The van der Waals surface area contributed by atoms with Gasteiger partial charge in [0.05, 0.1) is 0 Å². The van der Waals surface area contributed by atoms with Gasteiger partial charge in [-0.15, -0.1) is 0 Å². The molecule has 2 aromatic carbocycles. The van der Waals surface area contributed by atoms with E-state index in [1.54, 1.807) is 30.3 Å². The van der Waals surface area contributed by atoms with Gasteiger partial charge in [-0.1, -0.05) is 40.9 Å². The number of hydrogen-bond acceptors (Lipinski definition) is 0. The maximum absolute atomic E-state index is 13.7. The standard InChI is InChI=1S/C13H9Cl2F/c1-8-5-6-12(16)9(7-8)13-10(14)3-2-4-11(13)15/h2-7H,1H3. The molecule has 0 N–H and O–H groups in total. The molecular formula is C13H9Cl2F. The molecule has 0 spiro atoms. The molecule has 2 aromatic rings. The average molecular weight is 255 g/mol. The smallest absolute Gasteiger partial charge is 0.131 e. The summed E-state index contributed by atoms with van der Waals surface area (Å²) >= 11 is 12.1. The Balaban J connectivity index is 2.72. The minimum Gasteiger partial charge on any atom is -0.206 e. The van der Waals surface area contributed by atoms with Crippen LogP contribution in [-0.2, 0) is 0 Å². The van der Waals surface area contributed by atoms with Crippen LogP contribution in [0.25, 0.3) is 11.1 Å². The summed E-state index contributed by atoms with van der Waals surface area (Å²) in [5.74, 6) is -0.319. The fraction of sp³-hybridized carbons (Fsp3) is 0.0769. The zero-order valence-electron chi connectivity index (χ0n) is 8.60. The second-order valence-corrected chi connectivity index (χ2v) is 4.39. The molecule has 0 radical (unpaired) electrons. The van der Waals surface area contributed by atoms with E-state index in [2.05, 4.69) is 0 Å². The van der Waals surface area contributed by atoms with Crippen LogP contribution < -0.4 is 0 Å². The van der Waals surface area contributed by atoms with Crippen molar-refractivity contribution in [2.24, 2.45) is 0 Å². The highest BCUT2D eigenvalue weighted by atomic mass is 35.5. The molecule has 0 atom stereocenters. The van der Waals surface area contributed by atoms with Gasteiger partial charge in [0.25, 0.3) is 0 Å². The van der Waals surface area contributed by atoms with Gasteiger partial charge < -0.3 is 0 Å². The zero-order chi connectivity index (χ0) is 11.7. The number of rotatable bonds is 1. The fourth-order valence-electron chi connectivity index (χ4n) is 1.59. The zero-order valence-corrected chi connectivity index (χ0v) is 10.1. The Labute approximate surface area is 104 Å². The molecule has 0 unspecified atom stereocenters. The van der Waals surface area contributed by atoms with E-state index in [1.165, 1.54) is 6.07 Å². The second-order valence-electron chi connectivity index (χ2n) is 3.58. The van der Waals surface area contributed by atoms with Crippen LogP contribution in [0.2, 0.25) is 10.0 Å². The van der Waals surface area contributed by atoms with Gasteiger partial charge in [-0.3, -0.25) is 0 Å². The minimum atomic E-state index is -0.319. The molecule has 82 valence electrons. The molecule has 0 amide bonds. The van der Waals surface area contributed by atoms with Crippen molar-refractivity contribution in [2.45, 2.75) is 6.92 Å². The topological polar surface area (TPSA) is 0 Å². The lowest BCUT2D eigenvalue weighted by Gasteiger charge is -2.09. The Morgan fingerprint density at radius 3 is 2.25 bits per heavy atom. The summed E-state index contributed by atoms with van der Waals surface area (Å²) in [5.41, 5.74) is 1.95. The molecule has 0 heterocycles. The van der Waals surface area contributed by atoms with Crippen LogP contribution in [0.5, 0.6) is 0 Å². The molecule has 0 saturated heterocycles. The highest BCUT2D eigenvalue weighted by Gasteiger charge is 2.12. The van der Waals surface area contributed by atoms with Gasteiger partial charge in [0.1, 0.15) is 5.82 Å². The molecule has 0 bridgehead atoms. The third kappa shape index (κ3) is 2.06. The number of benzene rings is 2. The van der Waals surface area contributed by atoms with E-state index in [0.29, 0.717) is 21.2 Å². The van der Waals surface area contributed by atoms with E-state index < -0.39 is 0 Å². The van der Waals surface area contributed by atoms with E-state index in [-0.39, 0.29) is 5.82 Å². The van der Waals surface area contributed by atoms with E-state index in [4.69, 9.17) is 23.2 Å². The third-order valence-corrected chi connectivity index (χ3v) is 2.98. The van der Waals surface area contributed by atoms with E-state index in [9.17, 15) is 4.39 Å². The van der Waals surface area contributed by atoms with Gasteiger partial charge in [-0.25, -0.2) is 4.39 Å². The van der Waals surface area contributed by atoms with Gasteiger partial charge in [0.2, 0.25) is 0 Å². The monoisotopic (exact) mass is 254 g/mol. The lowest BCUT2D eigenvalue weighted by atomic mass is 10.0. The van der Waals surface area contributed by atoms with E-state index in [1.807, 2.05) is 6.92 Å². The fourth-order valence-corrected chi connectivity index (χ4v) is 2.19. The first-order chi connectivity index (χ1) is 7.59. The Kier molecular flexibility index (Phi) is 3.17. The van der Waals surface area contributed by atoms with Gasteiger partial charge in [-0.2, -0.15) is 0 Å². The van der Waals surface area contributed by atoms with E-state index >= 15 is 0 Å². The van der Waals surface area contributed by atoms with Crippen molar-refractivity contribution in [3.05, 3.63) is 57.8 Å². The van der Waals surface area contributed by atoms with Gasteiger partial charge >= 0.3 is 0 Å². The second kappa shape index (κ2) is 4.44. The molecule has 0 saturated carbocycles. The Morgan fingerprint density at radius 1 is 1.00 bits per heavy atom. The van der Waals surface area contributed by atoms with Crippen molar-refractivity contribution >= 4 is 23.2 Å². The Morgan fingerprint density at radius 2 is 1.62 bits per heavy atom. The molecule has 2 rings (SSSR count). The normalized spacial score (nSPS) is 10.5. The summed E-state index contributed by atoms with van der Waals surface area (Å²) < 4.78 is 13.7. The van der Waals surface area contributed by atoms with Crippen molar-refractivity contribution in [3.63, 3.8) is 0 Å². The van der Waals surface area contributed by atoms with Crippen molar-refractivity contribution in [2.75, 3.05) is 0 Å². The van der Waals surface area contributed by atoms with Crippen LogP contribution in [0.4, 0.5) is 4.39 Å². The number of hydrogen-bond donors (Lipinski definition) is 0.